The summed E-state index contributed by atoms with van der Waals surface area (Å²) < 4.78 is 5.77. The van der Waals surface area contributed by atoms with Gasteiger partial charge in [-0.05, 0) is 27.9 Å². The molecule has 2 nitrogen and oxygen atoms in total. The summed E-state index contributed by atoms with van der Waals surface area (Å²) in [5.74, 6) is 0.942. The average Bonchev–Trinajstić information content (AvgIpc) is 2.10. The van der Waals surface area contributed by atoms with E-state index in [-0.39, 0.29) is 0 Å². The first-order valence-electron chi connectivity index (χ1n) is 3.16. The molecule has 0 aliphatic heterocycles. The normalized spacial score (nSPS) is 10.8. The van der Waals surface area contributed by atoms with Crippen LogP contribution in [0.3, 0.4) is 0 Å². The van der Waals surface area contributed by atoms with Crippen molar-refractivity contribution < 1.29 is 4.42 Å². The first kappa shape index (κ1) is 7.66. The number of hydrogen-bond acceptors (Lipinski definition) is 2. The Morgan fingerprint density at radius 2 is 2.20 bits per heavy atom. The third kappa shape index (κ3) is 1.34. The molecule has 0 bridgehead atoms. The van der Waals surface area contributed by atoms with E-state index in [9.17, 15) is 0 Å². The summed E-state index contributed by atoms with van der Waals surface area (Å²) in [6.07, 6.45) is 0. The lowest BCUT2D eigenvalue weighted by Gasteiger charge is -1.98. The molecule has 0 saturated carbocycles. The van der Waals surface area contributed by atoms with E-state index in [1.165, 1.54) is 0 Å². The molecule has 0 radical (unpaired) electrons. The van der Waals surface area contributed by atoms with E-state index in [0.717, 1.165) is 5.56 Å². The molecule has 2 N–H and O–H groups in total. The fraction of sp³-hybridized carbons (Fsp3) is 0.429. The zero-order valence-corrected chi connectivity index (χ0v) is 7.60. The van der Waals surface area contributed by atoms with Crippen LogP contribution in [0.4, 0.5) is 5.88 Å². The molecule has 1 aromatic rings. The van der Waals surface area contributed by atoms with Crippen molar-refractivity contribution in [2.75, 3.05) is 5.73 Å². The van der Waals surface area contributed by atoms with E-state index >= 15 is 0 Å². The van der Waals surface area contributed by atoms with Crippen LogP contribution in [0.2, 0.25) is 0 Å². The van der Waals surface area contributed by atoms with Gasteiger partial charge < -0.3 is 10.2 Å². The Bertz CT molecular complexity index is 230. The fourth-order valence-corrected chi connectivity index (χ4v) is 1.26. The van der Waals surface area contributed by atoms with E-state index in [0.29, 0.717) is 16.5 Å². The van der Waals surface area contributed by atoms with Gasteiger partial charge in [0.05, 0.1) is 0 Å². The number of rotatable bonds is 1. The molecule has 0 aliphatic carbocycles. The Kier molecular flexibility index (Phi) is 2.04. The molecule has 0 aromatic carbocycles. The van der Waals surface area contributed by atoms with Gasteiger partial charge in [-0.1, -0.05) is 13.8 Å². The maximum absolute atomic E-state index is 5.55. The Balaban J connectivity index is 3.03. The fourth-order valence-electron chi connectivity index (χ4n) is 0.838. The number of hydrogen-bond donors (Lipinski definition) is 1. The molecule has 1 rings (SSSR count). The van der Waals surface area contributed by atoms with E-state index < -0.39 is 0 Å². The van der Waals surface area contributed by atoms with Crippen molar-refractivity contribution in [2.24, 2.45) is 0 Å². The summed E-state index contributed by atoms with van der Waals surface area (Å²) in [5.41, 5.74) is 6.61. The van der Waals surface area contributed by atoms with Gasteiger partial charge in [0.15, 0.2) is 10.6 Å². The molecular formula is C7H10BrNO. The third-order valence-corrected chi connectivity index (χ3v) is 1.77. The van der Waals surface area contributed by atoms with Crippen molar-refractivity contribution in [3.8, 4) is 0 Å². The quantitative estimate of drug-likeness (QED) is 0.763. The van der Waals surface area contributed by atoms with Gasteiger partial charge in [0.25, 0.3) is 0 Å². The minimum absolute atomic E-state index is 0.426. The van der Waals surface area contributed by atoms with Gasteiger partial charge in [-0.3, -0.25) is 0 Å². The maximum Gasteiger partial charge on any atom is 0.195 e. The van der Waals surface area contributed by atoms with Crippen LogP contribution in [0, 0.1) is 0 Å². The smallest absolute Gasteiger partial charge is 0.195 e. The summed E-state index contributed by atoms with van der Waals surface area (Å²) in [6.45, 7) is 4.15. The highest BCUT2D eigenvalue weighted by Crippen LogP contribution is 2.28. The predicted molar refractivity (Wildman–Crippen MR) is 44.9 cm³/mol. The molecule has 1 aromatic heterocycles. The lowest BCUT2D eigenvalue weighted by molar-refractivity contribution is 0.557. The van der Waals surface area contributed by atoms with Crippen LogP contribution in [0.5, 0.6) is 0 Å². The van der Waals surface area contributed by atoms with E-state index in [1.54, 1.807) is 0 Å². The van der Waals surface area contributed by atoms with Gasteiger partial charge in [0.2, 0.25) is 0 Å². The van der Waals surface area contributed by atoms with Gasteiger partial charge in [-0.2, -0.15) is 0 Å². The highest BCUT2D eigenvalue weighted by molar-refractivity contribution is 9.10. The Hall–Kier alpha value is -0.440. The molecule has 0 unspecified atom stereocenters. The highest BCUT2D eigenvalue weighted by atomic mass is 79.9. The lowest BCUT2D eigenvalue weighted by atomic mass is 10.1. The van der Waals surface area contributed by atoms with Crippen LogP contribution in [-0.4, -0.2) is 0 Å². The zero-order valence-electron chi connectivity index (χ0n) is 6.02. The van der Waals surface area contributed by atoms with Crippen molar-refractivity contribution in [2.45, 2.75) is 19.8 Å². The van der Waals surface area contributed by atoms with Gasteiger partial charge in [-0.15, -0.1) is 0 Å². The molecular weight excluding hydrogens is 194 g/mol. The van der Waals surface area contributed by atoms with Gasteiger partial charge in [0, 0.05) is 5.56 Å². The summed E-state index contributed by atoms with van der Waals surface area (Å²) >= 11 is 3.20. The zero-order chi connectivity index (χ0) is 7.72. The largest absolute Gasteiger partial charge is 0.434 e. The van der Waals surface area contributed by atoms with Crippen LogP contribution < -0.4 is 5.73 Å². The Morgan fingerprint density at radius 1 is 1.60 bits per heavy atom. The lowest BCUT2D eigenvalue weighted by Crippen LogP contribution is -1.90. The maximum atomic E-state index is 5.55. The molecule has 0 spiro atoms. The Labute approximate surface area is 68.5 Å². The second kappa shape index (κ2) is 2.66. The standard InChI is InChI=1S/C7H10BrNO/c1-4(2)5-3-6(8)10-7(5)9/h3-4H,9H2,1-2H3. The molecule has 0 saturated heterocycles. The molecule has 10 heavy (non-hydrogen) atoms. The summed E-state index contributed by atoms with van der Waals surface area (Å²) in [7, 11) is 0. The van der Waals surface area contributed by atoms with Crippen molar-refractivity contribution in [1.82, 2.24) is 0 Å². The molecule has 1 heterocycles. The summed E-state index contributed by atoms with van der Waals surface area (Å²) in [5, 5.41) is 0. The minimum atomic E-state index is 0.426. The molecule has 0 aliphatic rings. The van der Waals surface area contributed by atoms with Crippen LogP contribution >= 0.6 is 15.9 Å². The van der Waals surface area contributed by atoms with Crippen LogP contribution in [0.25, 0.3) is 0 Å². The number of anilines is 1. The number of nitrogen functional groups attached to an aromatic ring is 1. The molecule has 56 valence electrons. The Morgan fingerprint density at radius 3 is 2.40 bits per heavy atom. The van der Waals surface area contributed by atoms with E-state index in [2.05, 4.69) is 29.8 Å². The number of halogens is 1. The van der Waals surface area contributed by atoms with Crippen molar-refractivity contribution in [1.29, 1.82) is 0 Å². The van der Waals surface area contributed by atoms with E-state index in [1.807, 2.05) is 6.07 Å². The summed E-state index contributed by atoms with van der Waals surface area (Å²) in [4.78, 5) is 0. The van der Waals surface area contributed by atoms with Crippen molar-refractivity contribution in [3.05, 3.63) is 16.3 Å². The molecule has 0 amide bonds. The number of furan rings is 1. The SMILES string of the molecule is CC(C)c1cc(Br)oc1N. The van der Waals surface area contributed by atoms with Crippen LogP contribution in [0.1, 0.15) is 25.3 Å². The van der Waals surface area contributed by atoms with Crippen LogP contribution in [-0.2, 0) is 0 Å². The second-order valence-electron chi connectivity index (χ2n) is 2.52. The topological polar surface area (TPSA) is 39.2 Å². The monoisotopic (exact) mass is 203 g/mol. The first-order chi connectivity index (χ1) is 4.61. The van der Waals surface area contributed by atoms with Crippen LogP contribution in [0.15, 0.2) is 15.2 Å². The summed E-state index contributed by atoms with van der Waals surface area (Å²) in [6, 6.07) is 1.90. The highest BCUT2D eigenvalue weighted by Gasteiger charge is 2.08. The van der Waals surface area contributed by atoms with Gasteiger partial charge in [-0.25, -0.2) is 0 Å². The first-order valence-corrected chi connectivity index (χ1v) is 3.95. The minimum Gasteiger partial charge on any atom is -0.434 e. The van der Waals surface area contributed by atoms with E-state index in [4.69, 9.17) is 10.2 Å². The molecule has 3 heteroatoms. The second-order valence-corrected chi connectivity index (χ2v) is 3.31. The number of nitrogens with two attached hydrogens (primary N) is 1. The van der Waals surface area contributed by atoms with Crippen molar-refractivity contribution >= 4 is 21.8 Å². The molecule has 0 fully saturated rings. The van der Waals surface area contributed by atoms with Gasteiger partial charge >= 0.3 is 0 Å². The third-order valence-electron chi connectivity index (χ3n) is 1.38. The van der Waals surface area contributed by atoms with Gasteiger partial charge in [0.1, 0.15) is 0 Å². The van der Waals surface area contributed by atoms with Crippen molar-refractivity contribution in [3.63, 3.8) is 0 Å². The predicted octanol–water partition coefficient (Wildman–Crippen LogP) is 2.75. The average molecular weight is 204 g/mol. The molecule has 0 atom stereocenters.